The third-order valence-electron chi connectivity index (χ3n) is 3.26. The van der Waals surface area contributed by atoms with Crippen molar-refractivity contribution in [1.29, 1.82) is 0 Å². The fourth-order valence-corrected chi connectivity index (χ4v) is 2.10. The van der Waals surface area contributed by atoms with Crippen molar-refractivity contribution in [2.24, 2.45) is 0 Å². The van der Waals surface area contributed by atoms with Crippen LogP contribution in [-0.2, 0) is 6.54 Å². The van der Waals surface area contributed by atoms with Gasteiger partial charge in [-0.1, -0.05) is 0 Å². The zero-order chi connectivity index (χ0) is 15.1. The van der Waals surface area contributed by atoms with E-state index in [1.807, 2.05) is 30.3 Å². The van der Waals surface area contributed by atoms with E-state index in [-0.39, 0.29) is 6.03 Å². The summed E-state index contributed by atoms with van der Waals surface area (Å²) in [4.78, 5) is 14.0. The van der Waals surface area contributed by atoms with Gasteiger partial charge in [0.1, 0.15) is 5.76 Å². The molecule has 0 fully saturated rings. The van der Waals surface area contributed by atoms with Gasteiger partial charge in [-0.05, 0) is 50.2 Å². The fraction of sp³-hybridized carbons (Fsp3) is 0.312. The molecule has 0 saturated heterocycles. The molecule has 2 N–H and O–H groups in total. The lowest BCUT2D eigenvalue weighted by Gasteiger charge is -2.21. The average molecular weight is 287 g/mol. The van der Waals surface area contributed by atoms with Crippen LogP contribution >= 0.6 is 0 Å². The quantitative estimate of drug-likeness (QED) is 0.855. The number of rotatable bonds is 6. The van der Waals surface area contributed by atoms with Gasteiger partial charge in [0.25, 0.3) is 0 Å². The van der Waals surface area contributed by atoms with Crippen molar-refractivity contribution in [3.05, 3.63) is 48.4 Å². The second-order valence-corrected chi connectivity index (χ2v) is 4.61. The van der Waals surface area contributed by atoms with Crippen LogP contribution in [0.2, 0.25) is 0 Å². The summed E-state index contributed by atoms with van der Waals surface area (Å²) >= 11 is 0. The maximum Gasteiger partial charge on any atom is 0.319 e. The molecule has 1 aromatic carbocycles. The molecule has 5 nitrogen and oxygen atoms in total. The molecule has 0 atom stereocenters. The summed E-state index contributed by atoms with van der Waals surface area (Å²) in [6, 6.07) is 11.2. The molecule has 112 valence electrons. The number of amides is 2. The second-order valence-electron chi connectivity index (χ2n) is 4.61. The first-order valence-corrected chi connectivity index (χ1v) is 7.15. The standard InChI is InChI=1S/C16H21N3O2/c1-3-19(4-2)14-9-7-13(8-10-14)18-16(20)17-12-15-6-5-11-21-15/h5-11H,3-4,12H2,1-2H3,(H2,17,18,20). The molecule has 0 bridgehead atoms. The molecule has 0 unspecified atom stereocenters. The second kappa shape index (κ2) is 7.38. The number of benzene rings is 1. The van der Waals surface area contributed by atoms with Crippen LogP contribution in [0.4, 0.5) is 16.2 Å². The van der Waals surface area contributed by atoms with Gasteiger partial charge in [0.15, 0.2) is 0 Å². The van der Waals surface area contributed by atoms with Crippen LogP contribution in [0.25, 0.3) is 0 Å². The summed E-state index contributed by atoms with van der Waals surface area (Å²) in [5.41, 5.74) is 1.92. The Balaban J connectivity index is 1.86. The van der Waals surface area contributed by atoms with E-state index in [4.69, 9.17) is 4.42 Å². The fourth-order valence-electron chi connectivity index (χ4n) is 2.10. The van der Waals surface area contributed by atoms with E-state index in [0.29, 0.717) is 6.54 Å². The summed E-state index contributed by atoms with van der Waals surface area (Å²) in [7, 11) is 0. The molecule has 0 aliphatic rings. The Morgan fingerprint density at radius 1 is 1.14 bits per heavy atom. The van der Waals surface area contributed by atoms with E-state index in [9.17, 15) is 4.79 Å². The van der Waals surface area contributed by atoms with Crippen molar-refractivity contribution >= 4 is 17.4 Å². The van der Waals surface area contributed by atoms with Crippen LogP contribution in [0.15, 0.2) is 47.1 Å². The SMILES string of the molecule is CCN(CC)c1ccc(NC(=O)NCc2ccco2)cc1. The van der Waals surface area contributed by atoms with Crippen molar-refractivity contribution in [2.75, 3.05) is 23.3 Å². The molecular weight excluding hydrogens is 266 g/mol. The highest BCUT2D eigenvalue weighted by Crippen LogP contribution is 2.17. The summed E-state index contributed by atoms with van der Waals surface area (Å²) in [6.07, 6.45) is 1.58. The van der Waals surface area contributed by atoms with Gasteiger partial charge in [-0.25, -0.2) is 4.79 Å². The van der Waals surface area contributed by atoms with Gasteiger partial charge >= 0.3 is 6.03 Å². The highest BCUT2D eigenvalue weighted by Gasteiger charge is 2.04. The van der Waals surface area contributed by atoms with Crippen LogP contribution in [0.5, 0.6) is 0 Å². The van der Waals surface area contributed by atoms with Gasteiger partial charge in [-0.15, -0.1) is 0 Å². The van der Waals surface area contributed by atoms with Gasteiger partial charge in [0.2, 0.25) is 0 Å². The molecule has 0 radical (unpaired) electrons. The summed E-state index contributed by atoms with van der Waals surface area (Å²) < 4.78 is 5.15. The number of nitrogens with one attached hydrogen (secondary N) is 2. The first kappa shape index (κ1) is 15.0. The van der Waals surface area contributed by atoms with Crippen LogP contribution < -0.4 is 15.5 Å². The molecule has 1 aromatic heterocycles. The monoisotopic (exact) mass is 287 g/mol. The van der Waals surface area contributed by atoms with Crippen molar-refractivity contribution in [3.8, 4) is 0 Å². The van der Waals surface area contributed by atoms with Crippen LogP contribution in [-0.4, -0.2) is 19.1 Å². The van der Waals surface area contributed by atoms with Gasteiger partial charge in [-0.2, -0.15) is 0 Å². The van der Waals surface area contributed by atoms with Crippen molar-refractivity contribution in [2.45, 2.75) is 20.4 Å². The van der Waals surface area contributed by atoms with Gasteiger partial charge in [-0.3, -0.25) is 0 Å². The lowest BCUT2D eigenvalue weighted by Crippen LogP contribution is -2.28. The predicted molar refractivity (Wildman–Crippen MR) is 84.6 cm³/mol. The minimum Gasteiger partial charge on any atom is -0.467 e. The lowest BCUT2D eigenvalue weighted by molar-refractivity contribution is 0.251. The highest BCUT2D eigenvalue weighted by molar-refractivity contribution is 5.89. The number of hydrogen-bond donors (Lipinski definition) is 2. The van der Waals surface area contributed by atoms with Gasteiger partial charge in [0, 0.05) is 24.5 Å². The molecular formula is C16H21N3O2. The number of anilines is 2. The Labute approximate surface area is 124 Å². The smallest absolute Gasteiger partial charge is 0.319 e. The number of hydrogen-bond acceptors (Lipinski definition) is 3. The minimum atomic E-state index is -0.248. The maximum atomic E-state index is 11.8. The number of urea groups is 1. The zero-order valence-electron chi connectivity index (χ0n) is 12.4. The molecule has 0 saturated carbocycles. The maximum absolute atomic E-state index is 11.8. The topological polar surface area (TPSA) is 57.5 Å². The Morgan fingerprint density at radius 3 is 2.43 bits per heavy atom. The molecule has 2 aromatic rings. The molecule has 1 heterocycles. The first-order valence-electron chi connectivity index (χ1n) is 7.15. The van der Waals surface area contributed by atoms with Crippen LogP contribution in [0.1, 0.15) is 19.6 Å². The Morgan fingerprint density at radius 2 is 1.86 bits per heavy atom. The van der Waals surface area contributed by atoms with E-state index in [0.717, 1.165) is 30.2 Å². The van der Waals surface area contributed by atoms with E-state index in [1.165, 1.54) is 0 Å². The predicted octanol–water partition coefficient (Wildman–Crippen LogP) is 3.45. The third kappa shape index (κ3) is 4.27. The molecule has 0 aliphatic carbocycles. The number of carbonyl (C=O) groups excluding carboxylic acids is 1. The molecule has 0 aliphatic heterocycles. The number of furan rings is 1. The summed E-state index contributed by atoms with van der Waals surface area (Å²) in [6.45, 7) is 6.55. The molecule has 5 heteroatoms. The zero-order valence-corrected chi connectivity index (χ0v) is 12.4. The third-order valence-corrected chi connectivity index (χ3v) is 3.26. The van der Waals surface area contributed by atoms with E-state index < -0.39 is 0 Å². The average Bonchev–Trinajstić information content (AvgIpc) is 3.01. The van der Waals surface area contributed by atoms with E-state index in [1.54, 1.807) is 12.3 Å². The number of nitrogens with zero attached hydrogens (tertiary/aromatic N) is 1. The Bertz CT molecular complexity index is 545. The van der Waals surface area contributed by atoms with Crippen molar-refractivity contribution < 1.29 is 9.21 Å². The van der Waals surface area contributed by atoms with Crippen LogP contribution in [0, 0.1) is 0 Å². The van der Waals surface area contributed by atoms with Gasteiger partial charge in [0.05, 0.1) is 12.8 Å². The van der Waals surface area contributed by atoms with E-state index in [2.05, 4.69) is 29.4 Å². The van der Waals surface area contributed by atoms with Crippen molar-refractivity contribution in [3.63, 3.8) is 0 Å². The van der Waals surface area contributed by atoms with Crippen molar-refractivity contribution in [1.82, 2.24) is 5.32 Å². The Kier molecular flexibility index (Phi) is 5.26. The summed E-state index contributed by atoms with van der Waals surface area (Å²) in [5.74, 6) is 0.724. The van der Waals surface area contributed by atoms with Gasteiger partial charge < -0.3 is 20.0 Å². The minimum absolute atomic E-state index is 0.248. The molecule has 21 heavy (non-hydrogen) atoms. The molecule has 2 rings (SSSR count). The summed E-state index contributed by atoms with van der Waals surface area (Å²) in [5, 5.41) is 5.54. The number of carbonyl (C=O) groups is 1. The normalized spacial score (nSPS) is 10.2. The molecule has 2 amide bonds. The lowest BCUT2D eigenvalue weighted by atomic mass is 10.2. The molecule has 0 spiro atoms. The highest BCUT2D eigenvalue weighted by atomic mass is 16.3. The Hall–Kier alpha value is -2.43. The largest absolute Gasteiger partial charge is 0.467 e. The van der Waals surface area contributed by atoms with E-state index >= 15 is 0 Å². The first-order chi connectivity index (χ1) is 10.2. The van der Waals surface area contributed by atoms with Crippen LogP contribution in [0.3, 0.4) is 0 Å².